The highest BCUT2D eigenvalue weighted by Crippen LogP contribution is 2.39. The summed E-state index contributed by atoms with van der Waals surface area (Å²) in [4.78, 5) is 30.1. The Morgan fingerprint density at radius 2 is 1.77 bits per heavy atom. The molecule has 0 aliphatic carbocycles. The topological polar surface area (TPSA) is 122 Å². The van der Waals surface area contributed by atoms with Gasteiger partial charge < -0.3 is 10.1 Å². The molecule has 39 heavy (non-hydrogen) atoms. The summed E-state index contributed by atoms with van der Waals surface area (Å²) in [6, 6.07) is 14.9. The van der Waals surface area contributed by atoms with Crippen molar-refractivity contribution in [2.45, 2.75) is 40.2 Å². The Balaban J connectivity index is 1.61. The summed E-state index contributed by atoms with van der Waals surface area (Å²) >= 11 is 1.65. The molecule has 1 atom stereocenters. The lowest BCUT2D eigenvalue weighted by Gasteiger charge is -2.12. The molecule has 5 rings (SSSR count). The number of fused-ring (bicyclic) bond motifs is 3. The Morgan fingerprint density at radius 1 is 1.08 bits per heavy atom. The van der Waals surface area contributed by atoms with Crippen LogP contribution in [0.25, 0.3) is 16.1 Å². The van der Waals surface area contributed by atoms with E-state index in [0.29, 0.717) is 17.1 Å². The van der Waals surface area contributed by atoms with Crippen LogP contribution in [-0.4, -0.2) is 39.5 Å². The molecular weight excluding hydrogens is 512 g/mol. The molecule has 1 amide bonds. The minimum absolute atomic E-state index is 0.0424. The van der Waals surface area contributed by atoms with E-state index in [1.807, 2.05) is 41.8 Å². The van der Waals surface area contributed by atoms with Gasteiger partial charge in [-0.2, -0.15) is 5.26 Å². The van der Waals surface area contributed by atoms with E-state index in [1.54, 1.807) is 23.5 Å². The number of hydrogen-bond donors (Lipinski definition) is 1. The lowest BCUT2D eigenvalue weighted by atomic mass is 9.96. The third kappa shape index (κ3) is 4.73. The van der Waals surface area contributed by atoms with Gasteiger partial charge in [0.25, 0.3) is 0 Å². The van der Waals surface area contributed by atoms with E-state index in [9.17, 15) is 14.9 Å². The molecule has 1 aliphatic heterocycles. The number of aryl methyl sites for hydroxylation is 2. The Kier molecular flexibility index (Phi) is 6.85. The second kappa shape index (κ2) is 10.3. The van der Waals surface area contributed by atoms with E-state index < -0.39 is 6.04 Å². The van der Waals surface area contributed by atoms with Crippen molar-refractivity contribution in [2.24, 2.45) is 4.99 Å². The first-order valence-corrected chi connectivity index (χ1v) is 13.1. The molecule has 0 spiro atoms. The molecule has 3 heterocycles. The van der Waals surface area contributed by atoms with Crippen molar-refractivity contribution < 1.29 is 14.3 Å². The summed E-state index contributed by atoms with van der Waals surface area (Å²) in [5, 5.41) is 21.9. The molecule has 0 saturated carbocycles. The van der Waals surface area contributed by atoms with Crippen LogP contribution in [0.2, 0.25) is 0 Å². The Morgan fingerprint density at radius 3 is 2.44 bits per heavy atom. The fourth-order valence-corrected chi connectivity index (χ4v) is 5.92. The van der Waals surface area contributed by atoms with E-state index >= 15 is 0 Å². The SMILES string of the molecule is COC(=O)C[C@@H]1N=C(c2ccc(-c3ccc(NC(C)=O)c(C#N)c3)cc2)c2c(sc(C)c2C)-n2c(C)nnc21. The zero-order valence-corrected chi connectivity index (χ0v) is 23.0. The summed E-state index contributed by atoms with van der Waals surface area (Å²) in [6.07, 6.45) is 0.0424. The summed E-state index contributed by atoms with van der Waals surface area (Å²) in [6.45, 7) is 7.46. The van der Waals surface area contributed by atoms with Crippen molar-refractivity contribution in [3.05, 3.63) is 81.2 Å². The maximum absolute atomic E-state index is 12.3. The molecule has 10 heteroatoms. The average Bonchev–Trinajstić information content (AvgIpc) is 3.40. The number of anilines is 1. The van der Waals surface area contributed by atoms with Gasteiger partial charge in [0.15, 0.2) is 5.82 Å². The van der Waals surface area contributed by atoms with Crippen LogP contribution in [0, 0.1) is 32.1 Å². The van der Waals surface area contributed by atoms with Gasteiger partial charge in [-0.15, -0.1) is 21.5 Å². The lowest BCUT2D eigenvalue weighted by Crippen LogP contribution is -2.12. The number of carbonyl (C=O) groups is 2. The molecule has 0 radical (unpaired) electrons. The third-order valence-corrected chi connectivity index (χ3v) is 7.96. The predicted octanol–water partition coefficient (Wildman–Crippen LogP) is 5.21. The highest BCUT2D eigenvalue weighted by atomic mass is 32.1. The summed E-state index contributed by atoms with van der Waals surface area (Å²) in [5.41, 5.74) is 6.40. The van der Waals surface area contributed by atoms with Crippen LogP contribution >= 0.6 is 11.3 Å². The number of thiophene rings is 1. The van der Waals surface area contributed by atoms with Crippen LogP contribution in [0.1, 0.15) is 58.2 Å². The number of esters is 1. The van der Waals surface area contributed by atoms with Crippen LogP contribution in [0.15, 0.2) is 47.5 Å². The Bertz CT molecular complexity index is 1690. The maximum atomic E-state index is 12.3. The van der Waals surface area contributed by atoms with Crippen molar-refractivity contribution in [3.63, 3.8) is 0 Å². The monoisotopic (exact) mass is 538 g/mol. The number of hydrogen-bond acceptors (Lipinski definition) is 8. The summed E-state index contributed by atoms with van der Waals surface area (Å²) < 4.78 is 6.96. The predicted molar refractivity (Wildman–Crippen MR) is 149 cm³/mol. The minimum Gasteiger partial charge on any atom is -0.469 e. The molecule has 2 aromatic heterocycles. The largest absolute Gasteiger partial charge is 0.469 e. The highest BCUT2D eigenvalue weighted by Gasteiger charge is 2.32. The van der Waals surface area contributed by atoms with Crippen LogP contribution in [0.4, 0.5) is 5.69 Å². The number of carbonyl (C=O) groups excluding carboxylic acids is 2. The van der Waals surface area contributed by atoms with E-state index in [4.69, 9.17) is 9.73 Å². The number of rotatable bonds is 5. The van der Waals surface area contributed by atoms with Gasteiger partial charge in [0.05, 0.1) is 30.5 Å². The van der Waals surface area contributed by atoms with Crippen molar-refractivity contribution in [3.8, 4) is 22.2 Å². The van der Waals surface area contributed by atoms with Gasteiger partial charge in [-0.05, 0) is 49.6 Å². The van der Waals surface area contributed by atoms with Gasteiger partial charge in [0.2, 0.25) is 5.91 Å². The molecule has 0 bridgehead atoms. The first-order chi connectivity index (χ1) is 18.7. The molecular formula is C29H26N6O3S. The second-order valence-corrected chi connectivity index (χ2v) is 10.5. The van der Waals surface area contributed by atoms with Gasteiger partial charge in [-0.1, -0.05) is 30.3 Å². The van der Waals surface area contributed by atoms with Crippen LogP contribution in [-0.2, 0) is 14.3 Å². The fraction of sp³-hybridized carbons (Fsp3) is 0.241. The Labute approximate surface area is 229 Å². The standard InChI is InChI=1S/C29H26N6O3S/c1-15-16(2)39-29-26(15)27(32-24(13-25(37)38-5)28-34-33-17(3)35(28)29)20-8-6-19(7-9-20)21-10-11-23(31-18(4)36)22(12-21)14-30/h6-12,24H,13H2,1-5H3,(H,31,36)/t24-/m0/s1. The second-order valence-electron chi connectivity index (χ2n) is 9.31. The van der Waals surface area contributed by atoms with Crippen LogP contribution < -0.4 is 5.32 Å². The number of aromatic nitrogens is 3. The summed E-state index contributed by atoms with van der Waals surface area (Å²) in [5.74, 6) is 0.727. The van der Waals surface area contributed by atoms with Gasteiger partial charge in [-0.3, -0.25) is 19.1 Å². The smallest absolute Gasteiger partial charge is 0.308 e. The van der Waals surface area contributed by atoms with Crippen LogP contribution in [0.3, 0.4) is 0 Å². The number of nitrogens with one attached hydrogen (secondary N) is 1. The molecule has 0 fully saturated rings. The average molecular weight is 539 g/mol. The number of amides is 1. The highest BCUT2D eigenvalue weighted by molar-refractivity contribution is 7.15. The molecule has 0 saturated heterocycles. The van der Waals surface area contributed by atoms with E-state index in [0.717, 1.165) is 49.2 Å². The molecule has 2 aromatic carbocycles. The first kappa shape index (κ1) is 26.0. The maximum Gasteiger partial charge on any atom is 0.308 e. The van der Waals surface area contributed by atoms with Gasteiger partial charge in [0, 0.05) is 22.9 Å². The van der Waals surface area contributed by atoms with Crippen molar-refractivity contribution in [1.29, 1.82) is 5.26 Å². The normalized spacial score (nSPS) is 13.9. The third-order valence-electron chi connectivity index (χ3n) is 6.77. The van der Waals surface area contributed by atoms with Crippen molar-refractivity contribution in [2.75, 3.05) is 12.4 Å². The number of ether oxygens (including phenoxy) is 1. The zero-order chi connectivity index (χ0) is 27.8. The van der Waals surface area contributed by atoms with Crippen molar-refractivity contribution in [1.82, 2.24) is 14.8 Å². The molecule has 1 N–H and O–H groups in total. The zero-order valence-electron chi connectivity index (χ0n) is 22.2. The van der Waals surface area contributed by atoms with Gasteiger partial charge in [-0.25, -0.2) is 0 Å². The number of nitriles is 1. The number of aliphatic imine (C=N–C) groups is 1. The van der Waals surface area contributed by atoms with Gasteiger partial charge in [0.1, 0.15) is 22.9 Å². The summed E-state index contributed by atoms with van der Waals surface area (Å²) in [7, 11) is 1.36. The van der Waals surface area contributed by atoms with Crippen LogP contribution in [0.5, 0.6) is 0 Å². The van der Waals surface area contributed by atoms with Gasteiger partial charge >= 0.3 is 5.97 Å². The molecule has 1 aliphatic rings. The molecule has 196 valence electrons. The van der Waals surface area contributed by atoms with E-state index in [2.05, 4.69) is 35.4 Å². The number of benzene rings is 2. The van der Waals surface area contributed by atoms with E-state index in [-0.39, 0.29) is 18.3 Å². The minimum atomic E-state index is -0.563. The fourth-order valence-electron chi connectivity index (χ4n) is 4.70. The first-order valence-electron chi connectivity index (χ1n) is 12.3. The van der Waals surface area contributed by atoms with Crippen molar-refractivity contribution >= 4 is 34.6 Å². The quantitative estimate of drug-likeness (QED) is 0.348. The molecule has 4 aromatic rings. The van der Waals surface area contributed by atoms with E-state index in [1.165, 1.54) is 14.0 Å². The number of nitrogens with zero attached hydrogens (tertiary/aromatic N) is 5. The lowest BCUT2D eigenvalue weighted by molar-refractivity contribution is -0.141. The Hall–Kier alpha value is -4.62. The number of methoxy groups -OCH3 is 1. The molecule has 0 unspecified atom stereocenters. The molecule has 9 nitrogen and oxygen atoms in total.